The molecule has 1 aromatic heterocycles. The van der Waals surface area contributed by atoms with Gasteiger partial charge in [0, 0.05) is 22.4 Å². The topological polar surface area (TPSA) is 67.8 Å². The quantitative estimate of drug-likeness (QED) is 0.180. The summed E-state index contributed by atoms with van der Waals surface area (Å²) >= 11 is 12.5. The molecule has 0 unspecified atom stereocenters. The van der Waals surface area contributed by atoms with Crippen LogP contribution in [0.3, 0.4) is 0 Å². The first-order valence-corrected chi connectivity index (χ1v) is 12.8. The van der Waals surface area contributed by atoms with Crippen molar-refractivity contribution in [2.45, 2.75) is 6.61 Å². The number of nitriles is 1. The van der Waals surface area contributed by atoms with Crippen molar-refractivity contribution in [1.82, 2.24) is 0 Å². The standard InChI is InChI=1S/C32H22Cl2N2O3/c1-37-28-17-22(16-27(34)31(28)38-20-21-12-14-25(33)15-13-21)19-36-32-26(18-35)29(23-8-4-2-5-9-23)30(39-32)24-10-6-3-7-11-24/h2-17,19H,20H2,1H3. The monoisotopic (exact) mass is 552 g/mol. The molecular weight excluding hydrogens is 531 g/mol. The Morgan fingerprint density at radius 3 is 2.21 bits per heavy atom. The lowest BCUT2D eigenvalue weighted by Crippen LogP contribution is -1.99. The summed E-state index contributed by atoms with van der Waals surface area (Å²) in [6, 6.07) is 32.4. The maximum atomic E-state index is 10.1. The van der Waals surface area contributed by atoms with E-state index < -0.39 is 0 Å². The molecule has 5 nitrogen and oxygen atoms in total. The zero-order valence-corrected chi connectivity index (χ0v) is 22.4. The summed E-state index contributed by atoms with van der Waals surface area (Å²) in [7, 11) is 1.54. The van der Waals surface area contributed by atoms with Gasteiger partial charge in [0.1, 0.15) is 24.0 Å². The van der Waals surface area contributed by atoms with Gasteiger partial charge in [-0.25, -0.2) is 4.99 Å². The maximum absolute atomic E-state index is 10.1. The van der Waals surface area contributed by atoms with Crippen LogP contribution in [0.25, 0.3) is 22.5 Å². The number of methoxy groups -OCH3 is 1. The van der Waals surface area contributed by atoms with Gasteiger partial charge in [-0.2, -0.15) is 5.26 Å². The minimum absolute atomic E-state index is 0.202. The summed E-state index contributed by atoms with van der Waals surface area (Å²) in [6.45, 7) is 0.295. The second kappa shape index (κ2) is 11.9. The molecular formula is C32H22Cl2N2O3. The molecule has 0 spiro atoms. The van der Waals surface area contributed by atoms with Crippen molar-refractivity contribution in [3.63, 3.8) is 0 Å². The summed E-state index contributed by atoms with van der Waals surface area (Å²) in [6.07, 6.45) is 1.58. The lowest BCUT2D eigenvalue weighted by Gasteiger charge is -2.13. The molecule has 0 saturated carbocycles. The Morgan fingerprint density at radius 1 is 0.897 bits per heavy atom. The van der Waals surface area contributed by atoms with Crippen LogP contribution in [0.1, 0.15) is 16.7 Å². The lowest BCUT2D eigenvalue weighted by molar-refractivity contribution is 0.284. The molecule has 39 heavy (non-hydrogen) atoms. The van der Waals surface area contributed by atoms with E-state index in [2.05, 4.69) is 11.1 Å². The summed E-state index contributed by atoms with van der Waals surface area (Å²) in [4.78, 5) is 4.55. The number of benzene rings is 4. The Balaban J connectivity index is 1.49. The average molecular weight is 553 g/mol. The van der Waals surface area contributed by atoms with Crippen molar-refractivity contribution in [2.24, 2.45) is 4.99 Å². The molecule has 5 rings (SSSR count). The van der Waals surface area contributed by atoms with Gasteiger partial charge in [0.05, 0.1) is 12.1 Å². The highest BCUT2D eigenvalue weighted by molar-refractivity contribution is 6.32. The highest BCUT2D eigenvalue weighted by Crippen LogP contribution is 2.43. The van der Waals surface area contributed by atoms with E-state index in [1.807, 2.05) is 72.8 Å². The number of nitrogens with zero attached hydrogens (tertiary/aromatic N) is 2. The fourth-order valence-corrected chi connectivity index (χ4v) is 4.51. The summed E-state index contributed by atoms with van der Waals surface area (Å²) in [5.74, 6) is 1.65. The lowest BCUT2D eigenvalue weighted by atomic mass is 9.98. The van der Waals surface area contributed by atoms with Gasteiger partial charge in [-0.15, -0.1) is 0 Å². The molecule has 7 heteroatoms. The number of aliphatic imine (C=N–C) groups is 1. The van der Waals surface area contributed by atoms with Crippen molar-refractivity contribution in [3.8, 4) is 40.0 Å². The number of ether oxygens (including phenoxy) is 2. The second-order valence-corrected chi connectivity index (χ2v) is 9.38. The summed E-state index contributed by atoms with van der Waals surface area (Å²) in [5, 5.41) is 11.1. The van der Waals surface area contributed by atoms with E-state index in [-0.39, 0.29) is 5.88 Å². The Kier molecular flexibility index (Phi) is 7.98. The number of hydrogen-bond donors (Lipinski definition) is 0. The van der Waals surface area contributed by atoms with E-state index in [4.69, 9.17) is 37.1 Å². The van der Waals surface area contributed by atoms with Gasteiger partial charge >= 0.3 is 0 Å². The van der Waals surface area contributed by atoms with E-state index in [0.717, 1.165) is 16.7 Å². The van der Waals surface area contributed by atoms with Crippen LogP contribution < -0.4 is 9.47 Å². The molecule has 1 heterocycles. The van der Waals surface area contributed by atoms with Gasteiger partial charge in [0.25, 0.3) is 0 Å². The third-order valence-electron chi connectivity index (χ3n) is 5.98. The van der Waals surface area contributed by atoms with Gasteiger partial charge in [-0.05, 0) is 41.0 Å². The molecule has 0 bridgehead atoms. The van der Waals surface area contributed by atoms with Crippen LogP contribution in [0.15, 0.2) is 106 Å². The normalized spacial score (nSPS) is 10.9. The van der Waals surface area contributed by atoms with Crippen molar-refractivity contribution in [3.05, 3.63) is 124 Å². The molecule has 0 saturated heterocycles. The highest BCUT2D eigenvalue weighted by Gasteiger charge is 2.22. The van der Waals surface area contributed by atoms with Crippen LogP contribution in [0, 0.1) is 11.3 Å². The number of furan rings is 1. The van der Waals surface area contributed by atoms with Crippen LogP contribution >= 0.6 is 23.2 Å². The molecule has 0 amide bonds. The van der Waals surface area contributed by atoms with Gasteiger partial charge in [-0.1, -0.05) is 96.0 Å². The van der Waals surface area contributed by atoms with Crippen LogP contribution in [-0.4, -0.2) is 13.3 Å². The molecule has 0 aliphatic rings. The minimum atomic E-state index is 0.202. The third-order valence-corrected chi connectivity index (χ3v) is 6.51. The van der Waals surface area contributed by atoms with Crippen molar-refractivity contribution >= 4 is 35.3 Å². The molecule has 4 aromatic carbocycles. The smallest absolute Gasteiger partial charge is 0.238 e. The molecule has 0 N–H and O–H groups in total. The minimum Gasteiger partial charge on any atom is -0.493 e. The zero-order chi connectivity index (χ0) is 27.2. The van der Waals surface area contributed by atoms with Crippen molar-refractivity contribution < 1.29 is 13.9 Å². The summed E-state index contributed by atoms with van der Waals surface area (Å²) in [5.41, 5.74) is 4.34. The van der Waals surface area contributed by atoms with Gasteiger partial charge in [0.15, 0.2) is 11.5 Å². The molecule has 0 radical (unpaired) electrons. The van der Waals surface area contributed by atoms with E-state index in [1.165, 1.54) is 0 Å². The largest absolute Gasteiger partial charge is 0.493 e. The average Bonchev–Trinajstić information content (AvgIpc) is 3.35. The number of halogens is 2. The van der Waals surface area contributed by atoms with Gasteiger partial charge < -0.3 is 13.9 Å². The van der Waals surface area contributed by atoms with Crippen LogP contribution in [0.2, 0.25) is 10.0 Å². The van der Waals surface area contributed by atoms with Crippen LogP contribution in [-0.2, 0) is 6.61 Å². The third kappa shape index (κ3) is 5.83. The first-order chi connectivity index (χ1) is 19.1. The van der Waals surface area contributed by atoms with Gasteiger partial charge in [0.2, 0.25) is 5.88 Å². The predicted octanol–water partition coefficient (Wildman–Crippen LogP) is 9.13. The van der Waals surface area contributed by atoms with Crippen molar-refractivity contribution in [1.29, 1.82) is 5.26 Å². The summed E-state index contributed by atoms with van der Waals surface area (Å²) < 4.78 is 17.7. The molecule has 0 fully saturated rings. The number of rotatable bonds is 8. The first-order valence-electron chi connectivity index (χ1n) is 12.0. The Bertz CT molecular complexity index is 1660. The Labute approximate surface area is 236 Å². The van der Waals surface area contributed by atoms with E-state index in [1.54, 1.807) is 37.6 Å². The van der Waals surface area contributed by atoms with Crippen LogP contribution in [0.4, 0.5) is 5.88 Å². The fourth-order valence-electron chi connectivity index (χ4n) is 4.11. The highest BCUT2D eigenvalue weighted by atomic mass is 35.5. The molecule has 0 aliphatic heterocycles. The predicted molar refractivity (Wildman–Crippen MR) is 155 cm³/mol. The number of hydrogen-bond acceptors (Lipinski definition) is 5. The van der Waals surface area contributed by atoms with Crippen LogP contribution in [0.5, 0.6) is 11.5 Å². The Hall–Kier alpha value is -4.50. The second-order valence-electron chi connectivity index (χ2n) is 8.54. The van der Waals surface area contributed by atoms with E-state index in [0.29, 0.717) is 50.6 Å². The van der Waals surface area contributed by atoms with Gasteiger partial charge in [-0.3, -0.25) is 0 Å². The fraction of sp³-hybridized carbons (Fsp3) is 0.0625. The molecule has 5 aromatic rings. The maximum Gasteiger partial charge on any atom is 0.238 e. The molecule has 0 aliphatic carbocycles. The zero-order valence-electron chi connectivity index (χ0n) is 20.9. The van der Waals surface area contributed by atoms with E-state index >= 15 is 0 Å². The SMILES string of the molecule is COc1cc(C=Nc2oc(-c3ccccc3)c(-c3ccccc3)c2C#N)cc(Cl)c1OCc1ccc(Cl)cc1. The van der Waals surface area contributed by atoms with Crippen molar-refractivity contribution in [2.75, 3.05) is 7.11 Å². The first kappa shape index (κ1) is 26.1. The van der Waals surface area contributed by atoms with E-state index in [9.17, 15) is 5.26 Å². The Morgan fingerprint density at radius 2 is 1.56 bits per heavy atom. The molecule has 192 valence electrons. The molecule has 0 atom stereocenters.